The largest absolute Gasteiger partial charge is 0.489 e. The third kappa shape index (κ3) is 6.68. The van der Waals surface area contributed by atoms with Gasteiger partial charge in [0.1, 0.15) is 12.4 Å². The Kier molecular flexibility index (Phi) is 6.12. The highest BCUT2D eigenvalue weighted by atomic mass is 79.9. The van der Waals surface area contributed by atoms with E-state index in [4.69, 9.17) is 8.92 Å². The van der Waals surface area contributed by atoms with Gasteiger partial charge in [0.15, 0.2) is 0 Å². The Morgan fingerprint density at radius 3 is 2.20 bits per heavy atom. The van der Waals surface area contributed by atoms with E-state index in [1.165, 1.54) is 12.1 Å². The zero-order valence-electron chi connectivity index (χ0n) is 13.0. The maximum absolute atomic E-state index is 12.5. The van der Waals surface area contributed by atoms with E-state index in [2.05, 4.69) is 15.9 Å². The molecule has 0 aliphatic rings. The highest BCUT2D eigenvalue weighted by Gasteiger charge is 2.29. The van der Waals surface area contributed by atoms with Gasteiger partial charge in [-0.25, -0.2) is 0 Å². The zero-order chi connectivity index (χ0) is 18.7. The molecule has 0 aromatic heterocycles. The highest BCUT2D eigenvalue weighted by Crippen LogP contribution is 2.29. The first kappa shape index (κ1) is 19.7. The van der Waals surface area contributed by atoms with E-state index in [1.54, 1.807) is 18.2 Å². The Hall–Kier alpha value is -1.58. The molecule has 0 N–H and O–H groups in total. The summed E-state index contributed by atoms with van der Waals surface area (Å²) in [6.07, 6.45) is -3.43. The van der Waals surface area contributed by atoms with Gasteiger partial charge in [-0.2, -0.15) is 21.6 Å². The van der Waals surface area contributed by atoms with Crippen LogP contribution < -0.4 is 4.74 Å². The molecule has 0 bridgehead atoms. The van der Waals surface area contributed by atoms with Gasteiger partial charge >= 0.3 is 6.18 Å². The molecule has 0 aliphatic heterocycles. The van der Waals surface area contributed by atoms with Gasteiger partial charge in [0.2, 0.25) is 0 Å². The van der Waals surface area contributed by atoms with Crippen molar-refractivity contribution in [1.82, 2.24) is 0 Å². The van der Waals surface area contributed by atoms with Gasteiger partial charge in [0.05, 0.1) is 18.4 Å². The van der Waals surface area contributed by atoms with Crippen LogP contribution in [0.4, 0.5) is 13.2 Å². The van der Waals surface area contributed by atoms with Gasteiger partial charge in [-0.05, 0) is 41.5 Å². The number of halogens is 4. The molecular weight excluding hydrogens is 425 g/mol. The van der Waals surface area contributed by atoms with Crippen LogP contribution in [0.25, 0.3) is 0 Å². The zero-order valence-corrected chi connectivity index (χ0v) is 15.4. The lowest BCUT2D eigenvalue weighted by Gasteiger charge is -2.11. The molecule has 0 atom stereocenters. The summed E-state index contributed by atoms with van der Waals surface area (Å²) in [6.45, 7) is -0.0735. The van der Waals surface area contributed by atoms with Gasteiger partial charge in [0.25, 0.3) is 10.1 Å². The van der Waals surface area contributed by atoms with Crippen molar-refractivity contribution in [3.05, 3.63) is 63.6 Å². The van der Waals surface area contributed by atoms with E-state index in [1.807, 2.05) is 0 Å². The molecule has 136 valence electrons. The van der Waals surface area contributed by atoms with Crippen molar-refractivity contribution in [2.75, 3.05) is 6.26 Å². The lowest BCUT2D eigenvalue weighted by Crippen LogP contribution is -2.05. The predicted molar refractivity (Wildman–Crippen MR) is 89.6 cm³/mol. The fourth-order valence-corrected chi connectivity index (χ4v) is 2.79. The van der Waals surface area contributed by atoms with E-state index in [-0.39, 0.29) is 13.2 Å². The third-order valence-electron chi connectivity index (χ3n) is 3.06. The Bertz CT molecular complexity index is 833. The Labute approximate surface area is 151 Å². The molecule has 0 saturated heterocycles. The van der Waals surface area contributed by atoms with Gasteiger partial charge < -0.3 is 4.74 Å². The number of hydrogen-bond donors (Lipinski definition) is 0. The molecule has 2 aromatic carbocycles. The minimum absolute atomic E-state index is 0.0704. The van der Waals surface area contributed by atoms with E-state index >= 15 is 0 Å². The molecule has 0 fully saturated rings. The molecule has 0 saturated carbocycles. The summed E-state index contributed by atoms with van der Waals surface area (Å²) in [6, 6.07) is 9.60. The summed E-state index contributed by atoms with van der Waals surface area (Å²) in [5, 5.41) is 0. The molecule has 9 heteroatoms. The standard InChI is InChI=1S/C16H14BrF3O4S/c1-25(21,22)24-10-12-6-14(17)8-15(7-12)23-9-11-2-4-13(5-3-11)16(18,19)20/h2-8H,9-10H2,1H3. The molecule has 0 unspecified atom stereocenters. The van der Waals surface area contributed by atoms with Crippen molar-refractivity contribution >= 4 is 26.0 Å². The lowest BCUT2D eigenvalue weighted by molar-refractivity contribution is -0.137. The number of ether oxygens (including phenoxy) is 1. The molecule has 0 spiro atoms. The van der Waals surface area contributed by atoms with Crippen LogP contribution in [0.1, 0.15) is 16.7 Å². The fraction of sp³-hybridized carbons (Fsp3) is 0.250. The number of benzene rings is 2. The average Bonchev–Trinajstić information content (AvgIpc) is 2.49. The topological polar surface area (TPSA) is 52.6 Å². The van der Waals surface area contributed by atoms with Crippen LogP contribution in [0, 0.1) is 0 Å². The summed E-state index contributed by atoms with van der Waals surface area (Å²) in [7, 11) is -3.57. The van der Waals surface area contributed by atoms with Crippen LogP contribution in [0.5, 0.6) is 5.75 Å². The van der Waals surface area contributed by atoms with Gasteiger partial charge in [-0.1, -0.05) is 28.1 Å². The molecule has 0 heterocycles. The molecule has 4 nitrogen and oxygen atoms in total. The van der Waals surface area contributed by atoms with Crippen molar-refractivity contribution in [2.45, 2.75) is 19.4 Å². The second-order valence-corrected chi connectivity index (χ2v) is 7.80. The van der Waals surface area contributed by atoms with Crippen molar-refractivity contribution in [1.29, 1.82) is 0 Å². The van der Waals surface area contributed by atoms with Crippen molar-refractivity contribution in [2.24, 2.45) is 0 Å². The summed E-state index contributed by atoms with van der Waals surface area (Å²) in [5.74, 6) is 0.432. The molecule has 2 aromatic rings. The first-order valence-corrected chi connectivity index (χ1v) is 9.57. The normalized spacial score (nSPS) is 12.2. The Balaban J connectivity index is 2.04. The summed E-state index contributed by atoms with van der Waals surface area (Å²) >= 11 is 3.28. The molecule has 0 radical (unpaired) electrons. The third-order valence-corrected chi connectivity index (χ3v) is 4.06. The quantitative estimate of drug-likeness (QED) is 0.622. The molecular formula is C16H14BrF3O4S. The molecule has 0 aliphatic carbocycles. The van der Waals surface area contributed by atoms with Crippen molar-refractivity contribution in [3.63, 3.8) is 0 Å². The van der Waals surface area contributed by atoms with Gasteiger partial charge in [0, 0.05) is 4.47 Å². The van der Waals surface area contributed by atoms with Crippen molar-refractivity contribution < 1.29 is 30.5 Å². The van der Waals surface area contributed by atoms with Crippen LogP contribution in [-0.4, -0.2) is 14.7 Å². The number of alkyl halides is 3. The summed E-state index contributed by atoms with van der Waals surface area (Å²) in [5.41, 5.74) is 0.419. The maximum atomic E-state index is 12.5. The van der Waals surface area contributed by atoms with Crippen LogP contribution in [0.15, 0.2) is 46.9 Å². The minimum atomic E-state index is -4.38. The second kappa shape index (κ2) is 7.76. The van der Waals surface area contributed by atoms with Gasteiger partial charge in [-0.3, -0.25) is 4.18 Å². The van der Waals surface area contributed by atoms with Crippen LogP contribution >= 0.6 is 15.9 Å². The number of hydrogen-bond acceptors (Lipinski definition) is 4. The Morgan fingerprint density at radius 1 is 1.00 bits per heavy atom. The van der Waals surface area contributed by atoms with E-state index < -0.39 is 21.9 Å². The van der Waals surface area contributed by atoms with E-state index in [9.17, 15) is 21.6 Å². The molecule has 25 heavy (non-hydrogen) atoms. The van der Waals surface area contributed by atoms with Crippen molar-refractivity contribution in [3.8, 4) is 5.75 Å². The average molecular weight is 439 g/mol. The molecule has 0 amide bonds. The lowest BCUT2D eigenvalue weighted by atomic mass is 10.1. The van der Waals surface area contributed by atoms with E-state index in [0.29, 0.717) is 21.3 Å². The first-order valence-electron chi connectivity index (χ1n) is 6.96. The molecule has 2 rings (SSSR count). The number of rotatable bonds is 6. The highest BCUT2D eigenvalue weighted by molar-refractivity contribution is 9.10. The minimum Gasteiger partial charge on any atom is -0.489 e. The van der Waals surface area contributed by atoms with E-state index in [0.717, 1.165) is 18.4 Å². The summed E-state index contributed by atoms with van der Waals surface area (Å²) < 4.78 is 70.6. The van der Waals surface area contributed by atoms with Gasteiger partial charge in [-0.15, -0.1) is 0 Å². The van der Waals surface area contributed by atoms with Crippen LogP contribution in [-0.2, 0) is 33.7 Å². The summed E-state index contributed by atoms with van der Waals surface area (Å²) in [4.78, 5) is 0. The fourth-order valence-electron chi connectivity index (χ4n) is 1.92. The first-order chi connectivity index (χ1) is 11.5. The second-order valence-electron chi connectivity index (χ2n) is 5.24. The van der Waals surface area contributed by atoms with Crippen LogP contribution in [0.3, 0.4) is 0 Å². The Morgan fingerprint density at radius 2 is 1.64 bits per heavy atom. The van der Waals surface area contributed by atoms with Crippen LogP contribution in [0.2, 0.25) is 0 Å². The maximum Gasteiger partial charge on any atom is 0.416 e. The predicted octanol–water partition coefficient (Wildman–Crippen LogP) is 4.52. The smallest absolute Gasteiger partial charge is 0.416 e. The monoisotopic (exact) mass is 438 g/mol. The SMILES string of the molecule is CS(=O)(=O)OCc1cc(Br)cc(OCc2ccc(C(F)(F)F)cc2)c1.